The van der Waals surface area contributed by atoms with Crippen LogP contribution in [0.4, 0.5) is 0 Å². The molecule has 2 heterocycles. The Bertz CT molecular complexity index is 911. The van der Waals surface area contributed by atoms with E-state index in [1.54, 1.807) is 25.3 Å². The molecular weight excluding hydrogens is 356 g/mol. The van der Waals surface area contributed by atoms with Crippen molar-refractivity contribution >= 4 is 5.91 Å². The van der Waals surface area contributed by atoms with E-state index in [1.165, 1.54) is 0 Å². The molecule has 28 heavy (non-hydrogen) atoms. The fourth-order valence-electron chi connectivity index (χ4n) is 3.10. The number of ether oxygens (including phenoxy) is 2. The van der Waals surface area contributed by atoms with Crippen molar-refractivity contribution in [2.75, 3.05) is 27.3 Å². The van der Waals surface area contributed by atoms with E-state index in [2.05, 4.69) is 4.57 Å². The van der Waals surface area contributed by atoms with Gasteiger partial charge < -0.3 is 23.4 Å². The van der Waals surface area contributed by atoms with E-state index >= 15 is 0 Å². The molecule has 3 rings (SSSR count). The van der Waals surface area contributed by atoms with Gasteiger partial charge in [-0.3, -0.25) is 4.79 Å². The van der Waals surface area contributed by atoms with Crippen LogP contribution in [0.15, 0.2) is 53.1 Å². The van der Waals surface area contributed by atoms with Gasteiger partial charge in [0.15, 0.2) is 0 Å². The van der Waals surface area contributed by atoms with Crippen LogP contribution in [0, 0.1) is 13.8 Å². The highest BCUT2D eigenvalue weighted by atomic mass is 16.5. The summed E-state index contributed by atoms with van der Waals surface area (Å²) in [5.74, 6) is 2.38. The van der Waals surface area contributed by atoms with Gasteiger partial charge in [-0.25, -0.2) is 0 Å². The maximum absolute atomic E-state index is 12.9. The summed E-state index contributed by atoms with van der Waals surface area (Å²) in [4.78, 5) is 14.6. The summed E-state index contributed by atoms with van der Waals surface area (Å²) in [5, 5.41) is 0. The number of carbonyl (C=O) groups excluding carboxylic acids is 1. The molecule has 1 amide bonds. The molecule has 0 atom stereocenters. The lowest BCUT2D eigenvalue weighted by Gasteiger charge is -2.18. The fraction of sp³-hybridized carbons (Fsp3) is 0.318. The van der Waals surface area contributed by atoms with Gasteiger partial charge in [0.1, 0.15) is 23.9 Å². The number of amides is 1. The highest BCUT2D eigenvalue weighted by Crippen LogP contribution is 2.19. The molecule has 0 unspecified atom stereocenters. The number of likely N-dealkylation sites (N-methyl/N-ethyl adjacent to an activating group) is 1. The zero-order valence-corrected chi connectivity index (χ0v) is 16.8. The molecule has 0 aliphatic carbocycles. The molecule has 2 aromatic heterocycles. The first-order valence-electron chi connectivity index (χ1n) is 9.21. The van der Waals surface area contributed by atoms with Gasteiger partial charge >= 0.3 is 0 Å². The minimum Gasteiger partial charge on any atom is -0.497 e. The maximum atomic E-state index is 12.9. The van der Waals surface area contributed by atoms with Crippen LogP contribution in [0.25, 0.3) is 0 Å². The predicted molar refractivity (Wildman–Crippen MR) is 107 cm³/mol. The highest BCUT2D eigenvalue weighted by molar-refractivity contribution is 5.95. The summed E-state index contributed by atoms with van der Waals surface area (Å²) in [5.41, 5.74) is 2.66. The molecule has 148 valence electrons. The molecule has 0 saturated carbocycles. The minimum atomic E-state index is -0.0166. The van der Waals surface area contributed by atoms with Crippen molar-refractivity contribution in [3.8, 4) is 11.5 Å². The Labute approximate surface area is 165 Å². The van der Waals surface area contributed by atoms with Gasteiger partial charge in [-0.1, -0.05) is 0 Å². The zero-order chi connectivity index (χ0) is 20.1. The van der Waals surface area contributed by atoms with E-state index in [1.807, 2.05) is 56.3 Å². The van der Waals surface area contributed by atoms with E-state index in [9.17, 15) is 4.79 Å². The third-order valence-corrected chi connectivity index (χ3v) is 4.80. The summed E-state index contributed by atoms with van der Waals surface area (Å²) >= 11 is 0. The molecule has 0 fully saturated rings. The lowest BCUT2D eigenvalue weighted by atomic mass is 10.2. The molecule has 0 spiro atoms. The van der Waals surface area contributed by atoms with Gasteiger partial charge in [0.2, 0.25) is 0 Å². The average molecular weight is 382 g/mol. The van der Waals surface area contributed by atoms with Crippen molar-refractivity contribution in [1.29, 1.82) is 0 Å². The van der Waals surface area contributed by atoms with E-state index in [4.69, 9.17) is 13.9 Å². The number of furan rings is 1. The van der Waals surface area contributed by atoms with Crippen molar-refractivity contribution in [2.45, 2.75) is 20.4 Å². The topological polar surface area (TPSA) is 56.8 Å². The van der Waals surface area contributed by atoms with E-state index in [0.29, 0.717) is 25.3 Å². The molecule has 0 bridgehead atoms. The molecule has 3 aromatic rings. The van der Waals surface area contributed by atoms with Gasteiger partial charge in [0, 0.05) is 18.4 Å². The van der Waals surface area contributed by atoms with Gasteiger partial charge in [-0.05, 0) is 56.3 Å². The average Bonchev–Trinajstić information content (AvgIpc) is 3.31. The van der Waals surface area contributed by atoms with Crippen molar-refractivity contribution in [2.24, 2.45) is 0 Å². The number of hydrogen-bond acceptors (Lipinski definition) is 4. The summed E-state index contributed by atoms with van der Waals surface area (Å²) in [6, 6.07) is 13.1. The van der Waals surface area contributed by atoms with Crippen LogP contribution in [0.3, 0.4) is 0 Å². The monoisotopic (exact) mass is 382 g/mol. The first-order chi connectivity index (χ1) is 13.5. The number of hydrogen-bond donors (Lipinski definition) is 0. The van der Waals surface area contributed by atoms with Crippen LogP contribution in [-0.2, 0) is 6.54 Å². The lowest BCUT2D eigenvalue weighted by Crippen LogP contribution is -2.31. The predicted octanol–water partition coefficient (Wildman–Crippen LogP) is 3.91. The fourth-order valence-corrected chi connectivity index (χ4v) is 3.10. The minimum absolute atomic E-state index is 0.0166. The molecule has 6 heteroatoms. The number of aromatic nitrogens is 1. The number of nitrogens with zero attached hydrogens (tertiary/aromatic N) is 2. The molecule has 1 aromatic carbocycles. The Balaban J connectivity index is 1.59. The number of methoxy groups -OCH3 is 1. The van der Waals surface area contributed by atoms with E-state index in [0.717, 1.165) is 28.6 Å². The van der Waals surface area contributed by atoms with Crippen molar-refractivity contribution < 1.29 is 18.7 Å². The Hall–Kier alpha value is -3.15. The van der Waals surface area contributed by atoms with Gasteiger partial charge in [0.25, 0.3) is 5.91 Å². The Kier molecular flexibility index (Phi) is 6.09. The van der Waals surface area contributed by atoms with Crippen LogP contribution in [0.2, 0.25) is 0 Å². The van der Waals surface area contributed by atoms with Crippen LogP contribution < -0.4 is 9.47 Å². The summed E-state index contributed by atoms with van der Waals surface area (Å²) in [6.45, 7) is 5.49. The normalized spacial score (nSPS) is 10.7. The molecule has 0 radical (unpaired) electrons. The first-order valence-corrected chi connectivity index (χ1v) is 9.21. The zero-order valence-electron chi connectivity index (χ0n) is 16.8. The number of aryl methyl sites for hydroxylation is 1. The summed E-state index contributed by atoms with van der Waals surface area (Å²) in [7, 11) is 3.42. The highest BCUT2D eigenvalue weighted by Gasteiger charge is 2.19. The Morgan fingerprint density at radius 2 is 1.86 bits per heavy atom. The van der Waals surface area contributed by atoms with Crippen molar-refractivity contribution in [3.63, 3.8) is 0 Å². The van der Waals surface area contributed by atoms with Crippen molar-refractivity contribution in [1.82, 2.24) is 9.47 Å². The third kappa shape index (κ3) is 4.39. The molecule has 0 aliphatic heterocycles. The first kappa shape index (κ1) is 19.6. The quantitative estimate of drug-likeness (QED) is 0.593. The number of benzene rings is 1. The van der Waals surface area contributed by atoms with E-state index in [-0.39, 0.29) is 5.91 Å². The van der Waals surface area contributed by atoms with Crippen LogP contribution in [-0.4, -0.2) is 42.7 Å². The Morgan fingerprint density at radius 3 is 2.50 bits per heavy atom. The SMILES string of the molecule is COc1ccc(OCCN(C)C(=O)c2cc(C)n(Cc3ccco3)c2C)cc1. The van der Waals surface area contributed by atoms with E-state index < -0.39 is 0 Å². The molecule has 0 saturated heterocycles. The standard InChI is InChI=1S/C22H26N2O4/c1-16-14-21(17(2)24(16)15-20-6-5-12-27-20)22(25)23(3)11-13-28-19-9-7-18(26-4)8-10-19/h5-10,12,14H,11,13,15H2,1-4H3. The second-order valence-electron chi connectivity index (χ2n) is 6.70. The molecule has 0 N–H and O–H groups in total. The van der Waals surface area contributed by atoms with Crippen LogP contribution in [0.1, 0.15) is 27.5 Å². The van der Waals surface area contributed by atoms with Crippen LogP contribution in [0.5, 0.6) is 11.5 Å². The number of carbonyl (C=O) groups is 1. The summed E-state index contributed by atoms with van der Waals surface area (Å²) in [6.07, 6.45) is 1.66. The van der Waals surface area contributed by atoms with Gasteiger partial charge in [-0.15, -0.1) is 0 Å². The van der Waals surface area contributed by atoms with Gasteiger partial charge in [-0.2, -0.15) is 0 Å². The second kappa shape index (κ2) is 8.69. The third-order valence-electron chi connectivity index (χ3n) is 4.80. The van der Waals surface area contributed by atoms with Gasteiger partial charge in [0.05, 0.1) is 32.0 Å². The summed E-state index contributed by atoms with van der Waals surface area (Å²) < 4.78 is 18.4. The maximum Gasteiger partial charge on any atom is 0.255 e. The van der Waals surface area contributed by atoms with Crippen molar-refractivity contribution in [3.05, 3.63) is 71.4 Å². The smallest absolute Gasteiger partial charge is 0.255 e. The molecule has 6 nitrogen and oxygen atoms in total. The largest absolute Gasteiger partial charge is 0.497 e. The second-order valence-corrected chi connectivity index (χ2v) is 6.70. The molecular formula is C22H26N2O4. The molecule has 0 aliphatic rings. The van der Waals surface area contributed by atoms with Crippen LogP contribution >= 0.6 is 0 Å². The number of rotatable bonds is 8. The lowest BCUT2D eigenvalue weighted by molar-refractivity contribution is 0.0773. The Morgan fingerprint density at radius 1 is 1.14 bits per heavy atom.